The summed E-state index contributed by atoms with van der Waals surface area (Å²) in [5, 5.41) is 18.6. The van der Waals surface area contributed by atoms with Crippen molar-refractivity contribution < 1.29 is 19.2 Å². The number of anilines is 2. The van der Waals surface area contributed by atoms with Crippen LogP contribution in [-0.4, -0.2) is 42.5 Å². The maximum absolute atomic E-state index is 12.9. The zero-order chi connectivity index (χ0) is 24.6. The Hall–Kier alpha value is -3.29. The zero-order valence-electron chi connectivity index (χ0n) is 19.9. The lowest BCUT2D eigenvalue weighted by atomic mass is 9.87. The number of amides is 1. The second-order valence-electron chi connectivity index (χ2n) is 9.65. The van der Waals surface area contributed by atoms with Crippen LogP contribution in [-0.2, 0) is 9.53 Å². The standard InChI is InChI=1S/C28H28ClN3O4/c29-22-15-24-21(14-20(22)17-6-8-19(9-7-17)32-10-12-35-13-11-32)26(28(34)30-24)27(33)25-16-23(31-36-25)18-4-2-1-3-5-18/h6-9,14-16,18,33H,1-5,10-13H2,(H,30,34). The van der Waals surface area contributed by atoms with Crippen molar-refractivity contribution >= 4 is 40.2 Å². The maximum Gasteiger partial charge on any atom is 0.260 e. The minimum Gasteiger partial charge on any atom is -0.504 e. The van der Waals surface area contributed by atoms with Gasteiger partial charge >= 0.3 is 0 Å². The molecule has 1 saturated carbocycles. The van der Waals surface area contributed by atoms with Crippen LogP contribution < -0.4 is 10.2 Å². The fraction of sp³-hybridized carbons (Fsp3) is 0.357. The van der Waals surface area contributed by atoms with E-state index in [1.165, 1.54) is 19.3 Å². The minimum absolute atomic E-state index is 0.166. The summed E-state index contributed by atoms with van der Waals surface area (Å²) in [6.07, 6.45) is 5.73. The number of hydrogen-bond acceptors (Lipinski definition) is 6. The number of ether oxygens (including phenoxy) is 1. The highest BCUT2D eigenvalue weighted by atomic mass is 35.5. The highest BCUT2D eigenvalue weighted by Gasteiger charge is 2.32. The summed E-state index contributed by atoms with van der Waals surface area (Å²) in [6, 6.07) is 13.5. The lowest BCUT2D eigenvalue weighted by Crippen LogP contribution is -2.36. The summed E-state index contributed by atoms with van der Waals surface area (Å²) < 4.78 is 10.9. The fourth-order valence-electron chi connectivity index (χ4n) is 5.43. The van der Waals surface area contributed by atoms with Gasteiger partial charge in [0.1, 0.15) is 0 Å². The van der Waals surface area contributed by atoms with Gasteiger partial charge in [-0.1, -0.05) is 48.2 Å². The minimum atomic E-state index is -0.394. The number of carbonyl (C=O) groups is 1. The molecule has 3 aromatic rings. The first-order valence-electron chi connectivity index (χ1n) is 12.6. The summed E-state index contributed by atoms with van der Waals surface area (Å²) in [6.45, 7) is 3.19. The molecule has 3 heterocycles. The number of hydrogen-bond donors (Lipinski definition) is 2. The average molecular weight is 506 g/mol. The predicted octanol–water partition coefficient (Wildman–Crippen LogP) is 6.26. The maximum atomic E-state index is 12.9. The lowest BCUT2D eigenvalue weighted by molar-refractivity contribution is -0.110. The molecular weight excluding hydrogens is 478 g/mol. The summed E-state index contributed by atoms with van der Waals surface area (Å²) in [5.74, 6) is -0.0599. The number of aliphatic hydroxyl groups excluding tert-OH is 1. The molecule has 2 N–H and O–H groups in total. The van der Waals surface area contributed by atoms with Gasteiger partial charge in [0.05, 0.1) is 35.2 Å². The van der Waals surface area contributed by atoms with Gasteiger partial charge in [-0.25, -0.2) is 0 Å². The molecule has 8 heteroatoms. The van der Waals surface area contributed by atoms with Gasteiger partial charge in [0, 0.05) is 41.9 Å². The molecule has 6 rings (SSSR count). The number of nitrogens with one attached hydrogen (secondary N) is 1. The molecule has 0 bridgehead atoms. The fourth-order valence-corrected chi connectivity index (χ4v) is 5.71. The number of morpholine rings is 1. The van der Waals surface area contributed by atoms with E-state index in [2.05, 4.69) is 27.5 Å². The second-order valence-corrected chi connectivity index (χ2v) is 10.1. The van der Waals surface area contributed by atoms with Crippen LogP contribution in [0.1, 0.15) is 55.0 Å². The Kier molecular flexibility index (Phi) is 6.19. The first-order chi connectivity index (χ1) is 17.6. The quantitative estimate of drug-likeness (QED) is 0.321. The van der Waals surface area contributed by atoms with Crippen molar-refractivity contribution in [1.82, 2.24) is 5.16 Å². The molecule has 2 aliphatic heterocycles. The Labute approximate surface area is 214 Å². The lowest BCUT2D eigenvalue weighted by Gasteiger charge is -2.29. The molecule has 1 saturated heterocycles. The summed E-state index contributed by atoms with van der Waals surface area (Å²) in [4.78, 5) is 15.2. The van der Waals surface area contributed by atoms with Crippen LogP contribution in [0.25, 0.3) is 22.5 Å². The highest BCUT2D eigenvalue weighted by Crippen LogP contribution is 2.43. The average Bonchev–Trinajstić information content (AvgIpc) is 3.53. The second kappa shape index (κ2) is 9.64. The molecule has 0 unspecified atom stereocenters. The van der Waals surface area contributed by atoms with Crippen molar-refractivity contribution in [1.29, 1.82) is 0 Å². The van der Waals surface area contributed by atoms with Crippen LogP contribution in [0.2, 0.25) is 5.02 Å². The van der Waals surface area contributed by atoms with Crippen LogP contribution in [0.4, 0.5) is 11.4 Å². The summed E-state index contributed by atoms with van der Waals surface area (Å²) >= 11 is 6.63. The number of aliphatic hydroxyl groups is 1. The molecule has 0 spiro atoms. The van der Waals surface area contributed by atoms with Crippen LogP contribution in [0.3, 0.4) is 0 Å². The summed E-state index contributed by atoms with van der Waals surface area (Å²) in [5.41, 5.74) is 5.00. The molecule has 1 aliphatic carbocycles. The number of nitrogens with zero attached hydrogens (tertiary/aromatic N) is 2. The van der Waals surface area contributed by atoms with E-state index in [4.69, 9.17) is 20.9 Å². The summed E-state index contributed by atoms with van der Waals surface area (Å²) in [7, 11) is 0. The van der Waals surface area contributed by atoms with E-state index in [9.17, 15) is 9.90 Å². The molecule has 1 amide bonds. The first kappa shape index (κ1) is 23.1. The van der Waals surface area contributed by atoms with E-state index in [-0.39, 0.29) is 17.1 Å². The molecule has 0 atom stereocenters. The molecule has 2 fully saturated rings. The topological polar surface area (TPSA) is 87.8 Å². The number of halogens is 1. The molecule has 3 aliphatic rings. The molecule has 1 aromatic heterocycles. The normalized spacial score (nSPS) is 19.8. The Morgan fingerprint density at radius 1 is 1.03 bits per heavy atom. The van der Waals surface area contributed by atoms with Gasteiger partial charge in [-0.15, -0.1) is 0 Å². The van der Waals surface area contributed by atoms with Gasteiger partial charge in [-0.2, -0.15) is 0 Å². The third kappa shape index (κ3) is 4.27. The van der Waals surface area contributed by atoms with E-state index in [1.54, 1.807) is 12.1 Å². The number of fused-ring (bicyclic) bond motifs is 1. The third-order valence-corrected chi connectivity index (χ3v) is 7.74. The molecular formula is C28H28ClN3O4. The van der Waals surface area contributed by atoms with Crippen LogP contribution in [0, 0.1) is 0 Å². The molecule has 0 radical (unpaired) electrons. The number of rotatable bonds is 4. The molecule has 7 nitrogen and oxygen atoms in total. The Morgan fingerprint density at radius 3 is 2.53 bits per heavy atom. The molecule has 2 aromatic carbocycles. The van der Waals surface area contributed by atoms with Gasteiger partial charge in [-0.05, 0) is 42.7 Å². The van der Waals surface area contributed by atoms with Gasteiger partial charge in [0.25, 0.3) is 5.91 Å². The van der Waals surface area contributed by atoms with Crippen molar-refractivity contribution in [2.45, 2.75) is 38.0 Å². The van der Waals surface area contributed by atoms with Gasteiger partial charge < -0.3 is 24.6 Å². The highest BCUT2D eigenvalue weighted by molar-refractivity contribution is 6.38. The van der Waals surface area contributed by atoms with Crippen molar-refractivity contribution in [3.63, 3.8) is 0 Å². The van der Waals surface area contributed by atoms with Crippen molar-refractivity contribution in [2.75, 3.05) is 36.5 Å². The number of carbonyl (C=O) groups excluding carboxylic acids is 1. The van der Waals surface area contributed by atoms with Crippen LogP contribution >= 0.6 is 11.6 Å². The van der Waals surface area contributed by atoms with Gasteiger partial charge in [0.2, 0.25) is 5.76 Å². The van der Waals surface area contributed by atoms with E-state index in [1.807, 2.05) is 18.2 Å². The van der Waals surface area contributed by atoms with Crippen LogP contribution in [0.15, 0.2) is 47.0 Å². The van der Waals surface area contributed by atoms with E-state index >= 15 is 0 Å². The van der Waals surface area contributed by atoms with Crippen molar-refractivity contribution in [3.8, 4) is 11.1 Å². The van der Waals surface area contributed by atoms with E-state index in [0.29, 0.717) is 22.2 Å². The Bertz CT molecular complexity index is 1320. The van der Waals surface area contributed by atoms with E-state index < -0.39 is 5.91 Å². The Balaban J connectivity index is 1.33. The SMILES string of the molecule is O=C1Nc2cc(Cl)c(-c3ccc(N4CCOCC4)cc3)cc2C1=C(O)c1cc(C2CCCCC2)no1. The monoisotopic (exact) mass is 505 g/mol. The van der Waals surface area contributed by atoms with Crippen molar-refractivity contribution in [2.24, 2.45) is 0 Å². The predicted molar refractivity (Wildman–Crippen MR) is 140 cm³/mol. The Morgan fingerprint density at radius 2 is 1.78 bits per heavy atom. The zero-order valence-corrected chi connectivity index (χ0v) is 20.7. The largest absolute Gasteiger partial charge is 0.504 e. The van der Waals surface area contributed by atoms with Gasteiger partial charge in [0.15, 0.2) is 5.76 Å². The van der Waals surface area contributed by atoms with Crippen LogP contribution in [0.5, 0.6) is 0 Å². The number of aromatic nitrogens is 1. The third-order valence-electron chi connectivity index (χ3n) is 7.43. The molecule has 186 valence electrons. The van der Waals surface area contributed by atoms with Gasteiger partial charge in [-0.3, -0.25) is 4.79 Å². The number of benzene rings is 2. The molecule has 36 heavy (non-hydrogen) atoms. The van der Waals surface area contributed by atoms with Crippen molar-refractivity contribution in [3.05, 3.63) is 64.5 Å². The van der Waals surface area contributed by atoms with E-state index in [0.717, 1.165) is 61.7 Å². The smallest absolute Gasteiger partial charge is 0.260 e. The first-order valence-corrected chi connectivity index (χ1v) is 12.9.